The Labute approximate surface area is 145 Å². The van der Waals surface area contributed by atoms with Crippen LogP contribution in [0.4, 0.5) is 5.82 Å². The molecule has 0 radical (unpaired) electrons. The Balaban J connectivity index is 1.72. The third kappa shape index (κ3) is 3.56. The lowest BCUT2D eigenvalue weighted by atomic mass is 9.98. The number of hydrogen-bond donors (Lipinski definition) is 5. The Kier molecular flexibility index (Phi) is 5.42. The van der Waals surface area contributed by atoms with E-state index < -0.39 is 31.1 Å². The highest BCUT2D eigenvalue weighted by molar-refractivity contribution is 5.99. The van der Waals surface area contributed by atoms with E-state index in [4.69, 9.17) is 26.1 Å². The Bertz CT molecular complexity index is 615. The van der Waals surface area contributed by atoms with Gasteiger partial charge in [0, 0.05) is 0 Å². The second kappa shape index (κ2) is 7.56. The van der Waals surface area contributed by atoms with Gasteiger partial charge in [-0.05, 0) is 25.7 Å². The number of hydrogen-bond acceptors (Lipinski definition) is 8. The molecule has 1 aliphatic heterocycles. The van der Waals surface area contributed by atoms with Crippen LogP contribution >= 0.6 is 0 Å². The van der Waals surface area contributed by atoms with Crippen molar-refractivity contribution in [3.8, 4) is 0 Å². The van der Waals surface area contributed by atoms with E-state index >= 15 is 0 Å². The van der Waals surface area contributed by atoms with Gasteiger partial charge in [0.05, 0.1) is 12.9 Å². The molecule has 1 saturated carbocycles. The van der Waals surface area contributed by atoms with Gasteiger partial charge in [-0.25, -0.2) is 4.98 Å². The predicted molar refractivity (Wildman–Crippen MR) is 88.3 cm³/mol. The average Bonchev–Trinajstić information content (AvgIpc) is 3.14. The molecule has 2 heterocycles. The average molecular weight is 355 g/mol. The number of nitrogen functional groups attached to an aromatic ring is 1. The predicted octanol–water partition coefficient (Wildman–Crippen LogP) is -0.954. The van der Waals surface area contributed by atoms with Crippen molar-refractivity contribution in [2.75, 3.05) is 12.3 Å². The van der Waals surface area contributed by atoms with E-state index in [0.29, 0.717) is 0 Å². The second-order valence-corrected chi connectivity index (χ2v) is 6.46. The number of amidine groups is 1. The number of anilines is 1. The molecule has 0 spiro atoms. The zero-order valence-electron chi connectivity index (χ0n) is 13.9. The van der Waals surface area contributed by atoms with Crippen molar-refractivity contribution in [3.05, 3.63) is 12.0 Å². The first kappa shape index (κ1) is 17.9. The van der Waals surface area contributed by atoms with Gasteiger partial charge in [0.25, 0.3) is 0 Å². The van der Waals surface area contributed by atoms with Gasteiger partial charge in [-0.3, -0.25) is 4.57 Å². The molecule has 25 heavy (non-hydrogen) atoms. The Hall–Kier alpha value is -1.88. The number of aromatic nitrogens is 2. The molecular weight excluding hydrogens is 330 g/mol. The van der Waals surface area contributed by atoms with Gasteiger partial charge in [0.1, 0.15) is 30.2 Å². The van der Waals surface area contributed by atoms with Gasteiger partial charge >= 0.3 is 0 Å². The maximum atomic E-state index is 10.1. The van der Waals surface area contributed by atoms with Gasteiger partial charge in [0.2, 0.25) is 0 Å². The molecule has 2 aliphatic rings. The number of aliphatic hydroxyl groups excluding tert-OH is 3. The lowest BCUT2D eigenvalue weighted by molar-refractivity contribution is -0.0518. The van der Waals surface area contributed by atoms with Crippen LogP contribution in [0, 0.1) is 0 Å². The molecule has 0 bridgehead atoms. The van der Waals surface area contributed by atoms with Crippen LogP contribution in [0.1, 0.15) is 44.0 Å². The topological polar surface area (TPSA) is 161 Å². The summed E-state index contributed by atoms with van der Waals surface area (Å²) in [4.78, 5) is 9.57. The van der Waals surface area contributed by atoms with Crippen LogP contribution < -0.4 is 11.5 Å². The second-order valence-electron chi connectivity index (χ2n) is 6.46. The minimum absolute atomic E-state index is 0.0357. The molecule has 10 nitrogen and oxygen atoms in total. The summed E-state index contributed by atoms with van der Waals surface area (Å²) in [5.41, 5.74) is 12.2. The van der Waals surface area contributed by atoms with Crippen LogP contribution in [0.3, 0.4) is 0 Å². The molecule has 1 saturated heterocycles. The quantitative estimate of drug-likeness (QED) is 0.256. The fraction of sp³-hybridized carbons (Fsp3) is 0.733. The fourth-order valence-corrected chi connectivity index (χ4v) is 3.23. The molecule has 1 aromatic rings. The smallest absolute Gasteiger partial charge is 0.192 e. The molecule has 10 heteroatoms. The van der Waals surface area contributed by atoms with Crippen LogP contribution in [-0.4, -0.2) is 61.7 Å². The highest BCUT2D eigenvalue weighted by atomic mass is 16.6. The first-order valence-electron chi connectivity index (χ1n) is 8.47. The van der Waals surface area contributed by atoms with E-state index in [2.05, 4.69) is 10.1 Å². The molecule has 2 fully saturated rings. The normalized spacial score (nSPS) is 31.4. The van der Waals surface area contributed by atoms with Crippen LogP contribution in [0.25, 0.3) is 0 Å². The highest BCUT2D eigenvalue weighted by Gasteiger charge is 2.44. The van der Waals surface area contributed by atoms with Crippen molar-refractivity contribution < 1.29 is 24.9 Å². The maximum absolute atomic E-state index is 10.1. The molecule has 3 rings (SSSR count). The third-order valence-corrected chi connectivity index (χ3v) is 4.72. The number of rotatable bonds is 5. The van der Waals surface area contributed by atoms with Crippen molar-refractivity contribution in [2.45, 2.75) is 62.7 Å². The zero-order valence-corrected chi connectivity index (χ0v) is 13.9. The van der Waals surface area contributed by atoms with Crippen molar-refractivity contribution in [2.24, 2.45) is 10.9 Å². The molecule has 4 atom stereocenters. The highest BCUT2D eigenvalue weighted by Crippen LogP contribution is 2.31. The van der Waals surface area contributed by atoms with Crippen molar-refractivity contribution in [3.63, 3.8) is 0 Å². The molecule has 0 amide bonds. The van der Waals surface area contributed by atoms with E-state index in [1.165, 1.54) is 17.3 Å². The molecule has 1 aliphatic carbocycles. The minimum Gasteiger partial charge on any atom is -0.394 e. The number of imidazole rings is 1. The van der Waals surface area contributed by atoms with Crippen LogP contribution in [0.5, 0.6) is 0 Å². The first-order chi connectivity index (χ1) is 12.0. The van der Waals surface area contributed by atoms with Gasteiger partial charge in [-0.2, -0.15) is 0 Å². The fourth-order valence-electron chi connectivity index (χ4n) is 3.23. The molecule has 1 aromatic heterocycles. The lowest BCUT2D eigenvalue weighted by Gasteiger charge is -2.19. The third-order valence-electron chi connectivity index (χ3n) is 4.72. The summed E-state index contributed by atoms with van der Waals surface area (Å²) in [6.45, 7) is -0.422. The zero-order chi connectivity index (χ0) is 18.0. The van der Waals surface area contributed by atoms with E-state index in [-0.39, 0.29) is 23.5 Å². The summed E-state index contributed by atoms with van der Waals surface area (Å²) in [5.74, 6) is 0.164. The van der Waals surface area contributed by atoms with Crippen LogP contribution in [-0.2, 0) is 9.57 Å². The number of oxime groups is 1. The Morgan fingerprint density at radius 3 is 2.68 bits per heavy atom. The van der Waals surface area contributed by atoms with E-state index in [1.807, 2.05) is 0 Å². The summed E-state index contributed by atoms with van der Waals surface area (Å²) < 4.78 is 6.78. The number of ether oxygens (including phenoxy) is 1. The van der Waals surface area contributed by atoms with Gasteiger partial charge in [0.15, 0.2) is 17.8 Å². The number of aliphatic hydroxyl groups is 3. The first-order valence-corrected chi connectivity index (χ1v) is 8.47. The van der Waals surface area contributed by atoms with Crippen molar-refractivity contribution in [1.82, 2.24) is 9.55 Å². The van der Waals surface area contributed by atoms with Crippen molar-refractivity contribution in [1.29, 1.82) is 0 Å². The Morgan fingerprint density at radius 1 is 1.32 bits per heavy atom. The minimum atomic E-state index is -1.25. The maximum Gasteiger partial charge on any atom is 0.192 e. The number of nitrogens with two attached hydrogens (primary N) is 2. The molecule has 0 unspecified atom stereocenters. The van der Waals surface area contributed by atoms with Gasteiger partial charge in [-0.1, -0.05) is 11.6 Å². The summed E-state index contributed by atoms with van der Waals surface area (Å²) >= 11 is 0. The molecule has 0 aromatic carbocycles. The van der Waals surface area contributed by atoms with Crippen LogP contribution in [0.2, 0.25) is 0 Å². The molecular formula is C15H25N5O5. The molecule has 140 valence electrons. The van der Waals surface area contributed by atoms with Crippen molar-refractivity contribution >= 4 is 11.7 Å². The van der Waals surface area contributed by atoms with E-state index in [0.717, 1.165) is 25.7 Å². The summed E-state index contributed by atoms with van der Waals surface area (Å²) in [6.07, 6.45) is 2.38. The van der Waals surface area contributed by atoms with Crippen LogP contribution in [0.15, 0.2) is 11.5 Å². The SMILES string of the molecule is NC(=NOC1CCCCC1)c1ncn([C@@H]2O[C@H](CO)[C@@H](O)[C@H]2O)c1N. The standard InChI is InChI=1S/C15H25N5O5/c16-13(19-25-8-4-2-1-3-5-8)10-14(17)20(7-18-10)15-12(23)11(22)9(6-21)24-15/h7-9,11-12,15,21-23H,1-6,17H2,(H2,16,19)/t9-,11-,12-,15-/m1/s1. The largest absolute Gasteiger partial charge is 0.394 e. The van der Waals surface area contributed by atoms with Gasteiger partial charge < -0.3 is 36.4 Å². The van der Waals surface area contributed by atoms with E-state index in [1.54, 1.807) is 0 Å². The van der Waals surface area contributed by atoms with E-state index in [9.17, 15) is 10.2 Å². The summed E-state index contributed by atoms with van der Waals surface area (Å²) in [7, 11) is 0. The summed E-state index contributed by atoms with van der Waals surface area (Å²) in [5, 5.41) is 33.0. The molecule has 7 N–H and O–H groups in total. The lowest BCUT2D eigenvalue weighted by Crippen LogP contribution is -2.33. The summed E-state index contributed by atoms with van der Waals surface area (Å²) in [6, 6.07) is 0. The monoisotopic (exact) mass is 355 g/mol. The van der Waals surface area contributed by atoms with Gasteiger partial charge in [-0.15, -0.1) is 0 Å². The Morgan fingerprint density at radius 2 is 2.04 bits per heavy atom. The number of nitrogens with zero attached hydrogens (tertiary/aromatic N) is 3.